The molecule has 0 aliphatic rings. The van der Waals surface area contributed by atoms with Gasteiger partial charge in [0.2, 0.25) is 5.88 Å². The van der Waals surface area contributed by atoms with Crippen molar-refractivity contribution >= 4 is 21.6 Å². The van der Waals surface area contributed by atoms with Gasteiger partial charge in [-0.05, 0) is 26.1 Å². The number of para-hydroxylation sites is 1. The van der Waals surface area contributed by atoms with E-state index >= 15 is 0 Å². The zero-order chi connectivity index (χ0) is 13.9. The lowest BCUT2D eigenvalue weighted by Crippen LogP contribution is -2.06. The molecular formula is C15H15N3OS. The Morgan fingerprint density at radius 1 is 1.25 bits per heavy atom. The number of thiophene rings is 1. The standard InChI is InChI=1S/C15H15N3OS/c1-10-7-12-14(17-9-18-15(12)20-10)19-13-6-4-3-5-11(13)8-16-2/h3-7,9,16H,8H2,1-2H3. The highest BCUT2D eigenvalue weighted by Crippen LogP contribution is 2.32. The van der Waals surface area contributed by atoms with Crippen LogP contribution in [0.2, 0.25) is 0 Å². The number of nitrogens with one attached hydrogen (secondary N) is 1. The Morgan fingerprint density at radius 3 is 2.95 bits per heavy atom. The molecule has 0 unspecified atom stereocenters. The van der Waals surface area contributed by atoms with E-state index in [0.29, 0.717) is 5.88 Å². The van der Waals surface area contributed by atoms with Crippen LogP contribution in [0.25, 0.3) is 10.2 Å². The maximum atomic E-state index is 6.00. The number of rotatable bonds is 4. The molecule has 2 aromatic heterocycles. The summed E-state index contributed by atoms with van der Waals surface area (Å²) in [6.07, 6.45) is 1.55. The second-order valence-corrected chi connectivity index (χ2v) is 5.73. The summed E-state index contributed by atoms with van der Waals surface area (Å²) < 4.78 is 6.00. The maximum absolute atomic E-state index is 6.00. The summed E-state index contributed by atoms with van der Waals surface area (Å²) in [7, 11) is 1.92. The van der Waals surface area contributed by atoms with Gasteiger partial charge in [-0.2, -0.15) is 0 Å². The Bertz CT molecular complexity index is 739. The van der Waals surface area contributed by atoms with Crippen LogP contribution in [0.5, 0.6) is 11.6 Å². The first-order valence-electron chi connectivity index (χ1n) is 6.39. The molecule has 0 fully saturated rings. The first kappa shape index (κ1) is 13.0. The van der Waals surface area contributed by atoms with Crippen molar-refractivity contribution in [3.63, 3.8) is 0 Å². The third-order valence-electron chi connectivity index (χ3n) is 2.96. The molecule has 1 N–H and O–H groups in total. The summed E-state index contributed by atoms with van der Waals surface area (Å²) in [5.41, 5.74) is 1.11. The van der Waals surface area contributed by atoms with Crippen LogP contribution in [0.4, 0.5) is 0 Å². The van der Waals surface area contributed by atoms with Crippen molar-refractivity contribution in [2.45, 2.75) is 13.5 Å². The molecule has 1 aromatic carbocycles. The van der Waals surface area contributed by atoms with E-state index in [2.05, 4.69) is 28.3 Å². The summed E-state index contributed by atoms with van der Waals surface area (Å²) >= 11 is 1.65. The van der Waals surface area contributed by atoms with Crippen LogP contribution in [0.1, 0.15) is 10.4 Å². The third kappa shape index (κ3) is 2.50. The molecule has 5 heteroatoms. The molecular weight excluding hydrogens is 270 g/mol. The number of hydrogen-bond donors (Lipinski definition) is 1. The van der Waals surface area contributed by atoms with Gasteiger partial charge < -0.3 is 10.1 Å². The normalized spacial score (nSPS) is 10.9. The highest BCUT2D eigenvalue weighted by Gasteiger charge is 2.10. The number of hydrogen-bond acceptors (Lipinski definition) is 5. The molecule has 0 atom stereocenters. The Labute approximate surface area is 121 Å². The second kappa shape index (κ2) is 5.56. The molecule has 0 saturated heterocycles. The van der Waals surface area contributed by atoms with Gasteiger partial charge in [0, 0.05) is 17.0 Å². The van der Waals surface area contributed by atoms with E-state index in [1.807, 2.05) is 31.3 Å². The molecule has 0 aliphatic carbocycles. The molecule has 0 aliphatic heterocycles. The Morgan fingerprint density at radius 2 is 2.10 bits per heavy atom. The Balaban J connectivity index is 2.01. The first-order valence-corrected chi connectivity index (χ1v) is 7.21. The molecule has 0 spiro atoms. The van der Waals surface area contributed by atoms with E-state index in [1.54, 1.807) is 17.7 Å². The molecule has 0 radical (unpaired) electrons. The topological polar surface area (TPSA) is 47.0 Å². The molecule has 3 rings (SSSR count). The van der Waals surface area contributed by atoms with Crippen molar-refractivity contribution in [3.05, 3.63) is 47.1 Å². The SMILES string of the molecule is CNCc1ccccc1Oc1ncnc2sc(C)cc12. The first-order chi connectivity index (χ1) is 9.78. The molecule has 20 heavy (non-hydrogen) atoms. The Hall–Kier alpha value is -1.98. The monoisotopic (exact) mass is 285 g/mol. The highest BCUT2D eigenvalue weighted by molar-refractivity contribution is 7.18. The molecule has 3 aromatic rings. The number of ether oxygens (including phenoxy) is 1. The fourth-order valence-corrected chi connectivity index (χ4v) is 2.92. The molecule has 102 valence electrons. The summed E-state index contributed by atoms with van der Waals surface area (Å²) in [6, 6.07) is 10.0. The van der Waals surface area contributed by atoms with E-state index in [4.69, 9.17) is 4.74 Å². The largest absolute Gasteiger partial charge is 0.438 e. The molecule has 2 heterocycles. The number of aromatic nitrogens is 2. The van der Waals surface area contributed by atoms with Gasteiger partial charge >= 0.3 is 0 Å². The number of fused-ring (bicyclic) bond motifs is 1. The van der Waals surface area contributed by atoms with Gasteiger partial charge in [0.25, 0.3) is 0 Å². The van der Waals surface area contributed by atoms with Crippen LogP contribution in [0, 0.1) is 6.92 Å². The van der Waals surface area contributed by atoms with Crippen LogP contribution >= 0.6 is 11.3 Å². The zero-order valence-corrected chi connectivity index (χ0v) is 12.2. The van der Waals surface area contributed by atoms with E-state index < -0.39 is 0 Å². The molecule has 0 bridgehead atoms. The van der Waals surface area contributed by atoms with Crippen LogP contribution in [-0.4, -0.2) is 17.0 Å². The lowest BCUT2D eigenvalue weighted by Gasteiger charge is -2.10. The third-order valence-corrected chi connectivity index (χ3v) is 3.92. The minimum atomic E-state index is 0.614. The molecule has 4 nitrogen and oxygen atoms in total. The average molecular weight is 285 g/mol. The Kier molecular flexibility index (Phi) is 3.62. The van der Waals surface area contributed by atoms with Crippen molar-refractivity contribution in [2.75, 3.05) is 7.05 Å². The number of aryl methyl sites for hydroxylation is 1. The predicted octanol–water partition coefficient (Wildman–Crippen LogP) is 3.51. The summed E-state index contributed by atoms with van der Waals surface area (Å²) in [5, 5.41) is 4.11. The molecule has 0 amide bonds. The van der Waals surface area contributed by atoms with Gasteiger partial charge in [-0.15, -0.1) is 11.3 Å². The van der Waals surface area contributed by atoms with E-state index in [0.717, 1.165) is 28.1 Å². The van der Waals surface area contributed by atoms with Gasteiger partial charge in [0.05, 0.1) is 5.39 Å². The second-order valence-electron chi connectivity index (χ2n) is 4.49. The summed E-state index contributed by atoms with van der Waals surface area (Å²) in [5.74, 6) is 1.44. The lowest BCUT2D eigenvalue weighted by molar-refractivity contribution is 0.460. The van der Waals surface area contributed by atoms with Gasteiger partial charge in [-0.1, -0.05) is 18.2 Å². The van der Waals surface area contributed by atoms with Crippen molar-refractivity contribution < 1.29 is 4.74 Å². The van der Waals surface area contributed by atoms with Crippen molar-refractivity contribution in [2.24, 2.45) is 0 Å². The van der Waals surface area contributed by atoms with Crippen molar-refractivity contribution in [1.82, 2.24) is 15.3 Å². The fraction of sp³-hybridized carbons (Fsp3) is 0.200. The van der Waals surface area contributed by atoms with Crippen molar-refractivity contribution in [1.29, 1.82) is 0 Å². The van der Waals surface area contributed by atoms with Crippen LogP contribution in [0.3, 0.4) is 0 Å². The highest BCUT2D eigenvalue weighted by atomic mass is 32.1. The predicted molar refractivity (Wildman–Crippen MR) is 81.4 cm³/mol. The summed E-state index contributed by atoms with van der Waals surface area (Å²) in [6.45, 7) is 2.82. The quantitative estimate of drug-likeness (QED) is 0.797. The van der Waals surface area contributed by atoms with E-state index in [9.17, 15) is 0 Å². The van der Waals surface area contributed by atoms with Crippen LogP contribution in [-0.2, 0) is 6.54 Å². The molecule has 0 saturated carbocycles. The summed E-state index contributed by atoms with van der Waals surface area (Å²) in [4.78, 5) is 10.7. The number of benzene rings is 1. The van der Waals surface area contributed by atoms with Crippen LogP contribution < -0.4 is 10.1 Å². The zero-order valence-electron chi connectivity index (χ0n) is 11.4. The van der Waals surface area contributed by atoms with Gasteiger partial charge in [-0.3, -0.25) is 0 Å². The van der Waals surface area contributed by atoms with Crippen LogP contribution in [0.15, 0.2) is 36.7 Å². The van der Waals surface area contributed by atoms with Gasteiger partial charge in [-0.25, -0.2) is 9.97 Å². The smallest absolute Gasteiger partial charge is 0.231 e. The fourth-order valence-electron chi connectivity index (χ4n) is 2.08. The van der Waals surface area contributed by atoms with E-state index in [-0.39, 0.29) is 0 Å². The van der Waals surface area contributed by atoms with Gasteiger partial charge in [0.15, 0.2) is 0 Å². The number of nitrogens with zero attached hydrogens (tertiary/aromatic N) is 2. The lowest BCUT2D eigenvalue weighted by atomic mass is 10.2. The minimum absolute atomic E-state index is 0.614. The maximum Gasteiger partial charge on any atom is 0.231 e. The van der Waals surface area contributed by atoms with E-state index in [1.165, 1.54) is 4.88 Å². The average Bonchev–Trinajstić information content (AvgIpc) is 2.83. The van der Waals surface area contributed by atoms with Gasteiger partial charge in [0.1, 0.15) is 16.9 Å². The van der Waals surface area contributed by atoms with Crippen molar-refractivity contribution in [3.8, 4) is 11.6 Å². The minimum Gasteiger partial charge on any atom is -0.438 e.